The molecule has 184 valence electrons. The summed E-state index contributed by atoms with van der Waals surface area (Å²) in [5, 5.41) is 33.4. The van der Waals surface area contributed by atoms with Gasteiger partial charge in [-0.1, -0.05) is 25.5 Å². The van der Waals surface area contributed by atoms with Crippen LogP contribution in [0.5, 0.6) is 0 Å². The van der Waals surface area contributed by atoms with Gasteiger partial charge < -0.3 is 24.8 Å². The van der Waals surface area contributed by atoms with Crippen LogP contribution < -0.4 is 0 Å². The summed E-state index contributed by atoms with van der Waals surface area (Å²) in [7, 11) is 0. The van der Waals surface area contributed by atoms with E-state index in [0.717, 1.165) is 5.57 Å². The number of amides is 1. The fraction of sp³-hybridized carbons (Fsp3) is 0.615. The quantitative estimate of drug-likeness (QED) is 0.541. The van der Waals surface area contributed by atoms with E-state index >= 15 is 0 Å². The lowest BCUT2D eigenvalue weighted by Crippen LogP contribution is -2.53. The van der Waals surface area contributed by atoms with E-state index in [1.54, 1.807) is 13.8 Å². The molecule has 8 nitrogen and oxygen atoms in total. The van der Waals surface area contributed by atoms with E-state index in [4.69, 9.17) is 9.47 Å². The Morgan fingerprint density at radius 1 is 1.21 bits per heavy atom. The van der Waals surface area contributed by atoms with Crippen LogP contribution in [0.15, 0.2) is 46.4 Å². The fourth-order valence-corrected chi connectivity index (χ4v) is 6.79. The van der Waals surface area contributed by atoms with Crippen LogP contribution >= 0.6 is 0 Å². The highest BCUT2D eigenvalue weighted by Crippen LogP contribution is 2.59. The summed E-state index contributed by atoms with van der Waals surface area (Å²) in [6.07, 6.45) is 3.89. The van der Waals surface area contributed by atoms with Crippen LogP contribution in [0.3, 0.4) is 0 Å². The van der Waals surface area contributed by atoms with Crippen LogP contribution in [-0.2, 0) is 19.1 Å². The number of nitrogens with zero attached hydrogens (tertiary/aromatic N) is 1. The number of fused-ring (bicyclic) bond motifs is 2. The molecule has 8 unspecified atom stereocenters. The predicted octanol–water partition coefficient (Wildman–Crippen LogP) is 2.43. The molecule has 5 aliphatic rings. The van der Waals surface area contributed by atoms with E-state index in [1.807, 2.05) is 26.8 Å². The first-order chi connectivity index (χ1) is 16.0. The summed E-state index contributed by atoms with van der Waals surface area (Å²) < 4.78 is 12.2. The number of aliphatic hydroxyl groups is 3. The highest BCUT2D eigenvalue weighted by atomic mass is 16.7. The van der Waals surface area contributed by atoms with Gasteiger partial charge in [-0.25, -0.2) is 0 Å². The van der Waals surface area contributed by atoms with Gasteiger partial charge in [0.05, 0.1) is 29.6 Å². The van der Waals surface area contributed by atoms with E-state index in [2.05, 4.69) is 0 Å². The normalized spacial score (nSPS) is 43.9. The zero-order valence-corrected chi connectivity index (χ0v) is 20.2. The average molecular weight is 472 g/mol. The van der Waals surface area contributed by atoms with Gasteiger partial charge in [0.15, 0.2) is 12.1 Å². The van der Waals surface area contributed by atoms with Crippen molar-refractivity contribution >= 4 is 11.7 Å². The molecule has 5 rings (SSSR count). The van der Waals surface area contributed by atoms with Gasteiger partial charge in [-0.3, -0.25) is 14.5 Å². The Bertz CT molecular complexity index is 1090. The molecule has 1 saturated carbocycles. The molecular formula is C26H33NO7. The number of ketones is 1. The van der Waals surface area contributed by atoms with Crippen LogP contribution in [0.25, 0.3) is 0 Å². The van der Waals surface area contributed by atoms with Gasteiger partial charge in [0, 0.05) is 24.0 Å². The molecule has 34 heavy (non-hydrogen) atoms. The maximum absolute atomic E-state index is 13.4. The molecule has 1 saturated heterocycles. The van der Waals surface area contributed by atoms with Gasteiger partial charge in [0.2, 0.25) is 0 Å². The van der Waals surface area contributed by atoms with Crippen LogP contribution in [0.4, 0.5) is 0 Å². The van der Waals surface area contributed by atoms with Crippen molar-refractivity contribution in [3.8, 4) is 0 Å². The highest BCUT2D eigenvalue weighted by Gasteiger charge is 2.66. The molecular weight excluding hydrogens is 438 g/mol. The minimum atomic E-state index is -1.64. The second kappa shape index (κ2) is 7.62. The summed E-state index contributed by atoms with van der Waals surface area (Å²) in [5.41, 5.74) is -1.16. The van der Waals surface area contributed by atoms with Gasteiger partial charge in [0.1, 0.15) is 16.9 Å². The molecule has 2 fully saturated rings. The zero-order chi connectivity index (χ0) is 24.7. The molecule has 0 aromatic carbocycles. The van der Waals surface area contributed by atoms with Crippen molar-refractivity contribution in [1.29, 1.82) is 0 Å². The van der Waals surface area contributed by atoms with Crippen molar-refractivity contribution in [2.24, 2.45) is 11.8 Å². The molecule has 0 aromatic heterocycles. The van der Waals surface area contributed by atoms with Gasteiger partial charge in [-0.15, -0.1) is 0 Å². The average Bonchev–Trinajstić information content (AvgIpc) is 3.06. The lowest BCUT2D eigenvalue weighted by atomic mass is 9.76. The van der Waals surface area contributed by atoms with Crippen molar-refractivity contribution in [2.75, 3.05) is 0 Å². The Balaban J connectivity index is 1.63. The molecule has 2 aliphatic carbocycles. The molecule has 3 heterocycles. The minimum Gasteiger partial charge on any atom is -0.509 e. The monoisotopic (exact) mass is 471 g/mol. The van der Waals surface area contributed by atoms with E-state index in [0.29, 0.717) is 24.8 Å². The maximum Gasteiger partial charge on any atom is 0.258 e. The van der Waals surface area contributed by atoms with Crippen LogP contribution in [0.2, 0.25) is 0 Å². The second-order valence-corrected chi connectivity index (χ2v) is 10.4. The van der Waals surface area contributed by atoms with E-state index in [1.165, 1.54) is 17.1 Å². The molecule has 3 aliphatic heterocycles. The molecule has 0 aromatic rings. The smallest absolute Gasteiger partial charge is 0.258 e. The molecule has 0 radical (unpaired) electrons. The Morgan fingerprint density at radius 2 is 1.91 bits per heavy atom. The number of allylic oxidation sites excluding steroid dienone is 2. The van der Waals surface area contributed by atoms with Crippen LogP contribution in [0.1, 0.15) is 53.9 Å². The van der Waals surface area contributed by atoms with E-state index < -0.39 is 41.5 Å². The summed E-state index contributed by atoms with van der Waals surface area (Å²) in [6, 6.07) is 0. The number of rotatable bonds is 3. The number of aliphatic hydroxyl groups excluding tert-OH is 2. The Hall–Kier alpha value is -2.26. The third-order valence-corrected chi connectivity index (χ3v) is 8.50. The summed E-state index contributed by atoms with van der Waals surface area (Å²) in [4.78, 5) is 27.7. The first-order valence-electron chi connectivity index (χ1n) is 12.1. The Kier molecular flexibility index (Phi) is 5.26. The number of hydrogen-bond donors (Lipinski definition) is 3. The number of ether oxygens (including phenoxy) is 2. The highest BCUT2D eigenvalue weighted by molar-refractivity contribution is 6.05. The first-order valence-corrected chi connectivity index (χ1v) is 12.1. The Labute approximate surface area is 199 Å². The van der Waals surface area contributed by atoms with Crippen LogP contribution in [-0.4, -0.2) is 67.7 Å². The minimum absolute atomic E-state index is 0.0454. The summed E-state index contributed by atoms with van der Waals surface area (Å²) in [6.45, 7) is 9.09. The molecule has 1 amide bonds. The largest absolute Gasteiger partial charge is 0.509 e. The summed E-state index contributed by atoms with van der Waals surface area (Å²) >= 11 is 0. The lowest BCUT2D eigenvalue weighted by Gasteiger charge is -2.43. The SMILES string of the molecule is CCC12C=C(C)C3C(C)C(OC4CCC(O)C(C)O4)C4=CC(=O)C=C(N1C(=O)C(C)=C2O)C43O. The third-order valence-electron chi connectivity index (χ3n) is 8.50. The summed E-state index contributed by atoms with van der Waals surface area (Å²) in [5.74, 6) is -1.52. The van der Waals surface area contributed by atoms with Gasteiger partial charge in [-0.2, -0.15) is 0 Å². The van der Waals surface area contributed by atoms with E-state index in [9.17, 15) is 24.9 Å². The first kappa shape index (κ1) is 23.5. The molecule has 8 heteroatoms. The third kappa shape index (κ3) is 2.86. The zero-order valence-electron chi connectivity index (χ0n) is 20.2. The second-order valence-electron chi connectivity index (χ2n) is 10.4. The van der Waals surface area contributed by atoms with Crippen molar-refractivity contribution < 1.29 is 34.4 Å². The van der Waals surface area contributed by atoms with Crippen LogP contribution in [0, 0.1) is 11.8 Å². The lowest BCUT2D eigenvalue weighted by molar-refractivity contribution is -0.233. The van der Waals surface area contributed by atoms with Crippen molar-refractivity contribution in [1.82, 2.24) is 4.90 Å². The standard InChI is InChI=1S/C26H33NO7/c1-6-25-11-12(2)21-13(3)22(34-20-8-7-18(29)15(5)33-20)17-9-16(28)10-19(26(17,21)32)27(25)24(31)14(4)23(25)30/h9-11,13,15,18,20-22,29-30,32H,6-8H2,1-5H3. The number of hydrogen-bond acceptors (Lipinski definition) is 7. The van der Waals surface area contributed by atoms with Gasteiger partial charge >= 0.3 is 0 Å². The number of carbonyl (C=O) groups excluding carboxylic acids is 2. The van der Waals surface area contributed by atoms with Gasteiger partial charge in [-0.05, 0) is 45.6 Å². The van der Waals surface area contributed by atoms with Crippen molar-refractivity contribution in [3.05, 3.63) is 46.4 Å². The molecule has 0 spiro atoms. The van der Waals surface area contributed by atoms with Crippen molar-refractivity contribution in [2.45, 2.75) is 89.6 Å². The Morgan fingerprint density at radius 3 is 2.56 bits per heavy atom. The topological polar surface area (TPSA) is 117 Å². The maximum atomic E-state index is 13.4. The molecule has 3 N–H and O–H groups in total. The number of carbonyl (C=O) groups is 2. The predicted molar refractivity (Wildman–Crippen MR) is 122 cm³/mol. The van der Waals surface area contributed by atoms with Gasteiger partial charge in [0.25, 0.3) is 5.91 Å². The van der Waals surface area contributed by atoms with Crippen molar-refractivity contribution in [3.63, 3.8) is 0 Å². The molecule has 8 atom stereocenters. The molecule has 0 bridgehead atoms. The fourth-order valence-electron chi connectivity index (χ4n) is 6.79. The van der Waals surface area contributed by atoms with E-state index in [-0.39, 0.29) is 34.8 Å².